The molecule has 0 radical (unpaired) electrons. The highest BCUT2D eigenvalue weighted by atomic mass is 35.5. The second-order valence-corrected chi connectivity index (χ2v) is 5.49. The van der Waals surface area contributed by atoms with Gasteiger partial charge in [-0.15, -0.1) is 0 Å². The van der Waals surface area contributed by atoms with Gasteiger partial charge in [-0.1, -0.05) is 29.8 Å². The summed E-state index contributed by atoms with van der Waals surface area (Å²) in [5.41, 5.74) is 2.27. The Hall–Kier alpha value is -2.04. The first-order valence-electron chi connectivity index (χ1n) is 7.23. The van der Waals surface area contributed by atoms with E-state index >= 15 is 0 Å². The smallest absolute Gasteiger partial charge is 0.255 e. The summed E-state index contributed by atoms with van der Waals surface area (Å²) in [6, 6.07) is 14.8. The van der Waals surface area contributed by atoms with Gasteiger partial charge in [0.2, 0.25) is 0 Å². The fourth-order valence-corrected chi connectivity index (χ4v) is 2.58. The van der Waals surface area contributed by atoms with Gasteiger partial charge in [0.25, 0.3) is 5.91 Å². The zero-order valence-corrected chi connectivity index (χ0v) is 12.8. The van der Waals surface area contributed by atoms with Gasteiger partial charge in [-0.05, 0) is 30.3 Å². The van der Waals surface area contributed by atoms with Crippen LogP contribution in [-0.2, 0) is 4.74 Å². The molecule has 0 unspecified atom stereocenters. The van der Waals surface area contributed by atoms with Crippen LogP contribution in [0.4, 0.5) is 11.4 Å². The second kappa shape index (κ2) is 6.81. The molecule has 1 saturated heterocycles. The van der Waals surface area contributed by atoms with Crippen molar-refractivity contribution in [3.8, 4) is 0 Å². The first kappa shape index (κ1) is 14.9. The topological polar surface area (TPSA) is 41.6 Å². The number of morpholine rings is 1. The molecule has 22 heavy (non-hydrogen) atoms. The number of hydrogen-bond donors (Lipinski definition) is 1. The minimum atomic E-state index is -0.165. The van der Waals surface area contributed by atoms with Crippen molar-refractivity contribution in [2.75, 3.05) is 36.5 Å². The Kier molecular flexibility index (Phi) is 4.61. The zero-order chi connectivity index (χ0) is 15.4. The van der Waals surface area contributed by atoms with Crippen LogP contribution in [0.3, 0.4) is 0 Å². The molecule has 0 saturated carbocycles. The highest BCUT2D eigenvalue weighted by Gasteiger charge is 2.14. The summed E-state index contributed by atoms with van der Waals surface area (Å²) >= 11 is 6.21. The summed E-state index contributed by atoms with van der Waals surface area (Å²) in [5.74, 6) is -0.165. The fourth-order valence-electron chi connectivity index (χ4n) is 2.41. The number of nitrogens with one attached hydrogen (secondary N) is 1. The predicted octanol–water partition coefficient (Wildman–Crippen LogP) is 3.43. The molecule has 0 bridgehead atoms. The molecular formula is C17H17ClN2O2. The van der Waals surface area contributed by atoms with Crippen molar-refractivity contribution in [1.82, 2.24) is 0 Å². The molecule has 3 rings (SSSR count). The Morgan fingerprint density at radius 3 is 2.55 bits per heavy atom. The van der Waals surface area contributed by atoms with Crippen LogP contribution in [0.2, 0.25) is 5.02 Å². The quantitative estimate of drug-likeness (QED) is 0.943. The van der Waals surface area contributed by atoms with Crippen LogP contribution >= 0.6 is 11.6 Å². The number of rotatable bonds is 3. The Labute approximate surface area is 134 Å². The lowest BCUT2D eigenvalue weighted by Gasteiger charge is -2.29. The number of benzene rings is 2. The summed E-state index contributed by atoms with van der Waals surface area (Å²) < 4.78 is 5.36. The van der Waals surface area contributed by atoms with E-state index in [2.05, 4.69) is 10.2 Å². The van der Waals surface area contributed by atoms with Crippen molar-refractivity contribution >= 4 is 28.9 Å². The van der Waals surface area contributed by atoms with Crippen LogP contribution in [0.1, 0.15) is 10.4 Å². The van der Waals surface area contributed by atoms with Crippen LogP contribution in [0, 0.1) is 0 Å². The van der Waals surface area contributed by atoms with Gasteiger partial charge in [-0.3, -0.25) is 4.79 Å². The van der Waals surface area contributed by atoms with Gasteiger partial charge in [0.05, 0.1) is 23.9 Å². The van der Waals surface area contributed by atoms with Crippen LogP contribution in [0.5, 0.6) is 0 Å². The number of ether oxygens (including phenoxy) is 1. The maximum atomic E-state index is 12.3. The first-order chi connectivity index (χ1) is 10.7. The first-order valence-corrected chi connectivity index (χ1v) is 7.60. The molecule has 0 spiro atoms. The van der Waals surface area contributed by atoms with Gasteiger partial charge in [0.1, 0.15) is 0 Å². The molecule has 1 aliphatic heterocycles. The maximum absolute atomic E-state index is 12.3. The number of hydrogen-bond acceptors (Lipinski definition) is 3. The Morgan fingerprint density at radius 1 is 1.09 bits per heavy atom. The van der Waals surface area contributed by atoms with E-state index in [1.165, 1.54) is 0 Å². The van der Waals surface area contributed by atoms with E-state index in [1.54, 1.807) is 12.1 Å². The molecule has 1 heterocycles. The summed E-state index contributed by atoms with van der Waals surface area (Å²) in [4.78, 5) is 14.5. The molecule has 0 atom stereocenters. The Morgan fingerprint density at radius 2 is 1.82 bits per heavy atom. The van der Waals surface area contributed by atoms with Gasteiger partial charge in [-0.25, -0.2) is 0 Å². The average Bonchev–Trinajstić information content (AvgIpc) is 2.58. The molecule has 1 aliphatic rings. The fraction of sp³-hybridized carbons (Fsp3) is 0.235. The normalized spacial score (nSPS) is 14.7. The minimum absolute atomic E-state index is 0.165. The second-order valence-electron chi connectivity index (χ2n) is 5.08. The number of halogens is 1. The van der Waals surface area contributed by atoms with E-state index in [0.29, 0.717) is 29.5 Å². The van der Waals surface area contributed by atoms with E-state index in [0.717, 1.165) is 18.8 Å². The molecule has 4 nitrogen and oxygen atoms in total. The molecule has 114 valence electrons. The Balaban J connectivity index is 1.79. The van der Waals surface area contributed by atoms with Crippen molar-refractivity contribution in [3.63, 3.8) is 0 Å². The molecule has 1 fully saturated rings. The molecular weight excluding hydrogens is 300 g/mol. The molecule has 2 aromatic rings. The van der Waals surface area contributed by atoms with Crippen molar-refractivity contribution < 1.29 is 9.53 Å². The van der Waals surface area contributed by atoms with Crippen molar-refractivity contribution in [3.05, 3.63) is 59.1 Å². The number of anilines is 2. The monoisotopic (exact) mass is 316 g/mol. The molecule has 1 N–H and O–H groups in total. The Bertz CT molecular complexity index is 655. The SMILES string of the molecule is O=C(Nc1cc(N2CCOCC2)ccc1Cl)c1ccccc1. The minimum Gasteiger partial charge on any atom is -0.378 e. The van der Waals surface area contributed by atoms with Gasteiger partial charge in [-0.2, -0.15) is 0 Å². The summed E-state index contributed by atoms with van der Waals surface area (Å²) in [6.45, 7) is 3.12. The summed E-state index contributed by atoms with van der Waals surface area (Å²) in [5, 5.41) is 3.41. The largest absolute Gasteiger partial charge is 0.378 e. The van der Waals surface area contributed by atoms with Gasteiger partial charge >= 0.3 is 0 Å². The van der Waals surface area contributed by atoms with Crippen LogP contribution in [0.25, 0.3) is 0 Å². The van der Waals surface area contributed by atoms with Crippen LogP contribution < -0.4 is 10.2 Å². The lowest BCUT2D eigenvalue weighted by atomic mass is 10.2. The lowest BCUT2D eigenvalue weighted by Crippen LogP contribution is -2.36. The number of carbonyl (C=O) groups excluding carboxylic acids is 1. The number of carbonyl (C=O) groups is 1. The van der Waals surface area contributed by atoms with E-state index in [1.807, 2.05) is 36.4 Å². The highest BCUT2D eigenvalue weighted by Crippen LogP contribution is 2.28. The zero-order valence-electron chi connectivity index (χ0n) is 12.1. The number of nitrogens with zero attached hydrogens (tertiary/aromatic N) is 1. The average molecular weight is 317 g/mol. The lowest BCUT2D eigenvalue weighted by molar-refractivity contribution is 0.102. The number of amides is 1. The van der Waals surface area contributed by atoms with E-state index < -0.39 is 0 Å². The summed E-state index contributed by atoms with van der Waals surface area (Å²) in [6.07, 6.45) is 0. The van der Waals surface area contributed by atoms with Crippen molar-refractivity contribution in [2.24, 2.45) is 0 Å². The van der Waals surface area contributed by atoms with Crippen LogP contribution in [0.15, 0.2) is 48.5 Å². The van der Waals surface area contributed by atoms with Gasteiger partial charge in [0.15, 0.2) is 0 Å². The third-order valence-electron chi connectivity index (χ3n) is 3.61. The van der Waals surface area contributed by atoms with Crippen molar-refractivity contribution in [1.29, 1.82) is 0 Å². The summed E-state index contributed by atoms with van der Waals surface area (Å²) in [7, 11) is 0. The third-order valence-corrected chi connectivity index (χ3v) is 3.94. The third kappa shape index (κ3) is 3.40. The molecule has 2 aromatic carbocycles. The predicted molar refractivity (Wildman–Crippen MR) is 88.9 cm³/mol. The molecule has 1 amide bonds. The van der Waals surface area contributed by atoms with Gasteiger partial charge in [0, 0.05) is 24.3 Å². The standard InChI is InChI=1S/C17H17ClN2O2/c18-15-7-6-14(20-8-10-22-11-9-20)12-16(15)19-17(21)13-4-2-1-3-5-13/h1-7,12H,8-11H2,(H,19,21). The van der Waals surface area contributed by atoms with Crippen molar-refractivity contribution in [2.45, 2.75) is 0 Å². The van der Waals surface area contributed by atoms with E-state index in [4.69, 9.17) is 16.3 Å². The molecule has 5 heteroatoms. The molecule has 0 aliphatic carbocycles. The maximum Gasteiger partial charge on any atom is 0.255 e. The van der Waals surface area contributed by atoms with E-state index in [9.17, 15) is 4.79 Å². The van der Waals surface area contributed by atoms with E-state index in [-0.39, 0.29) is 5.91 Å². The van der Waals surface area contributed by atoms with Gasteiger partial charge < -0.3 is 15.0 Å². The van der Waals surface area contributed by atoms with Crippen LogP contribution in [-0.4, -0.2) is 32.2 Å². The highest BCUT2D eigenvalue weighted by molar-refractivity contribution is 6.34. The molecule has 0 aromatic heterocycles.